The summed E-state index contributed by atoms with van der Waals surface area (Å²) in [7, 11) is 0. The molecule has 4 nitrogen and oxygen atoms in total. The molecule has 14 rings (SSSR count). The number of benzene rings is 12. The van der Waals surface area contributed by atoms with Crippen molar-refractivity contribution in [3.05, 3.63) is 240 Å². The van der Waals surface area contributed by atoms with Crippen LogP contribution < -0.4 is 9.80 Å². The molecule has 0 fully saturated rings. The van der Waals surface area contributed by atoms with Crippen LogP contribution in [0, 0.1) is 27.7 Å². The molecule has 0 aliphatic heterocycles. The average molecular weight is 1010 g/mol. The number of furan rings is 2. The minimum atomic E-state index is 0.356. The second kappa shape index (κ2) is 18.3. The lowest BCUT2D eigenvalue weighted by Gasteiger charge is -2.30. The maximum Gasteiger partial charge on any atom is 0.159 e. The Morgan fingerprint density at radius 3 is 1.06 bits per heavy atom. The predicted octanol–water partition coefficient (Wildman–Crippen LogP) is 22.1. The minimum Gasteiger partial charge on any atom is -0.453 e. The highest BCUT2D eigenvalue weighted by atomic mass is 16.3. The van der Waals surface area contributed by atoms with Crippen LogP contribution in [0.1, 0.15) is 72.9 Å². The zero-order valence-electron chi connectivity index (χ0n) is 45.5. The van der Waals surface area contributed by atoms with Crippen molar-refractivity contribution < 1.29 is 8.83 Å². The van der Waals surface area contributed by atoms with E-state index in [1.807, 2.05) is 0 Å². The number of para-hydroxylation sites is 4. The van der Waals surface area contributed by atoms with Gasteiger partial charge in [-0.3, -0.25) is 0 Å². The quantitative estimate of drug-likeness (QED) is 0.128. The standard InChI is InChI=1S/C74H60N2O2/c1-43(2)51-17-9-11-19-53(51)55-21-13-23-57-59-25-15-27-67(73(59)77-71(55)57)75(63-37-29-45(5)41-47(63)7)65-39-33-49-32-36-62-66(40-34-50-31-35-61(65)69(49)70(50)62)76(64-38-30-46(6)42-48(64)8)68-28-16-26-60-58-24-14-22-56(72(58)78-74(60)68)54-20-12-10-18-52(54)44(3)4/h9-44H,1-8H3. The Balaban J connectivity index is 1.01. The molecular weight excluding hydrogens is 949 g/mol. The number of rotatable bonds is 10. The first-order chi connectivity index (χ1) is 38.0. The highest BCUT2D eigenvalue weighted by Gasteiger charge is 2.28. The molecule has 378 valence electrons. The number of hydrogen-bond donors (Lipinski definition) is 0. The fraction of sp³-hybridized carbons (Fsp3) is 0.135. The second-order valence-electron chi connectivity index (χ2n) is 22.2. The summed E-state index contributed by atoms with van der Waals surface area (Å²) in [5.74, 6) is 0.713. The van der Waals surface area contributed by atoms with Gasteiger partial charge in [0.15, 0.2) is 11.2 Å². The first kappa shape index (κ1) is 47.3. The summed E-state index contributed by atoms with van der Waals surface area (Å²) in [5, 5.41) is 11.5. The Kier molecular flexibility index (Phi) is 11.1. The van der Waals surface area contributed by atoms with Gasteiger partial charge in [-0.1, -0.05) is 209 Å². The van der Waals surface area contributed by atoms with E-state index in [1.165, 1.54) is 66.1 Å². The van der Waals surface area contributed by atoms with Gasteiger partial charge in [-0.15, -0.1) is 0 Å². The van der Waals surface area contributed by atoms with E-state index in [1.54, 1.807) is 0 Å². The number of anilines is 6. The summed E-state index contributed by atoms with van der Waals surface area (Å²) in [5.41, 5.74) is 21.9. The highest BCUT2D eigenvalue weighted by molar-refractivity contribution is 6.29. The Bertz CT molecular complexity index is 4400. The van der Waals surface area contributed by atoms with E-state index in [-0.39, 0.29) is 0 Å². The van der Waals surface area contributed by atoms with Crippen LogP contribution in [0.3, 0.4) is 0 Å². The number of hydrogen-bond acceptors (Lipinski definition) is 4. The Hall–Kier alpha value is -9.12. The number of nitrogens with zero attached hydrogens (tertiary/aromatic N) is 2. The van der Waals surface area contributed by atoms with Gasteiger partial charge >= 0.3 is 0 Å². The summed E-state index contributed by atoms with van der Waals surface area (Å²) < 4.78 is 14.6. The van der Waals surface area contributed by atoms with Gasteiger partial charge in [0.2, 0.25) is 0 Å². The molecule has 0 aliphatic carbocycles. The average Bonchev–Trinajstić information content (AvgIpc) is 4.20. The number of fused-ring (bicyclic) bond motifs is 6. The van der Waals surface area contributed by atoms with E-state index < -0.39 is 0 Å². The summed E-state index contributed by atoms with van der Waals surface area (Å²) in [6.45, 7) is 17.9. The first-order valence-electron chi connectivity index (χ1n) is 27.5. The lowest BCUT2D eigenvalue weighted by molar-refractivity contribution is 0.669. The van der Waals surface area contributed by atoms with E-state index in [0.29, 0.717) is 11.8 Å². The molecule has 0 bridgehead atoms. The third-order valence-corrected chi connectivity index (χ3v) is 16.5. The van der Waals surface area contributed by atoms with Gasteiger partial charge in [0.05, 0.1) is 22.7 Å². The van der Waals surface area contributed by atoms with Crippen molar-refractivity contribution in [2.45, 2.75) is 67.2 Å². The zero-order chi connectivity index (χ0) is 53.1. The van der Waals surface area contributed by atoms with Crippen LogP contribution in [-0.2, 0) is 0 Å². The summed E-state index contributed by atoms with van der Waals surface area (Å²) in [6, 6.07) is 76.1. The molecule has 0 spiro atoms. The molecule has 78 heavy (non-hydrogen) atoms. The van der Waals surface area contributed by atoms with Crippen molar-refractivity contribution in [1.29, 1.82) is 0 Å². The summed E-state index contributed by atoms with van der Waals surface area (Å²) in [6.07, 6.45) is 0. The predicted molar refractivity (Wildman–Crippen MR) is 332 cm³/mol. The van der Waals surface area contributed by atoms with Crippen molar-refractivity contribution in [2.24, 2.45) is 0 Å². The lowest BCUT2D eigenvalue weighted by Crippen LogP contribution is -2.13. The van der Waals surface area contributed by atoms with E-state index in [9.17, 15) is 0 Å². The smallest absolute Gasteiger partial charge is 0.159 e. The van der Waals surface area contributed by atoms with Gasteiger partial charge in [0.1, 0.15) is 11.2 Å². The van der Waals surface area contributed by atoms with Crippen LogP contribution in [0.25, 0.3) is 98.4 Å². The Morgan fingerprint density at radius 2 is 0.654 bits per heavy atom. The van der Waals surface area contributed by atoms with Crippen LogP contribution in [0.2, 0.25) is 0 Å². The van der Waals surface area contributed by atoms with E-state index in [0.717, 1.165) is 99.9 Å². The van der Waals surface area contributed by atoms with Gasteiger partial charge in [0.25, 0.3) is 0 Å². The molecule has 12 aromatic carbocycles. The Labute approximate surface area is 455 Å². The Morgan fingerprint density at radius 1 is 0.295 bits per heavy atom. The van der Waals surface area contributed by atoms with Crippen LogP contribution in [-0.4, -0.2) is 0 Å². The fourth-order valence-electron chi connectivity index (χ4n) is 12.9. The third-order valence-electron chi connectivity index (χ3n) is 16.5. The third kappa shape index (κ3) is 7.34. The fourth-order valence-corrected chi connectivity index (χ4v) is 12.9. The van der Waals surface area contributed by atoms with E-state index in [2.05, 4.69) is 271 Å². The molecule has 0 aliphatic rings. The second-order valence-corrected chi connectivity index (χ2v) is 22.2. The molecule has 2 heterocycles. The van der Waals surface area contributed by atoms with E-state index >= 15 is 0 Å². The van der Waals surface area contributed by atoms with Crippen molar-refractivity contribution in [3.63, 3.8) is 0 Å². The SMILES string of the molecule is Cc1ccc(N(c2ccc3ccc4c(N(c5ccc(C)cc5C)c5cccc6c5oc5c(-c7ccccc7C(C)C)cccc56)ccc5ccc2c3c54)c2cccc3c2oc2c(-c4ccccc4C(C)C)cccc23)c(C)c1. The van der Waals surface area contributed by atoms with Gasteiger partial charge in [0, 0.05) is 54.8 Å². The molecule has 0 radical (unpaired) electrons. The maximum atomic E-state index is 7.30. The van der Waals surface area contributed by atoms with Gasteiger partial charge in [-0.05, 0) is 131 Å². The molecule has 4 heteroatoms. The molecule has 2 aromatic heterocycles. The first-order valence-corrected chi connectivity index (χ1v) is 27.5. The zero-order valence-corrected chi connectivity index (χ0v) is 45.5. The minimum absolute atomic E-state index is 0.356. The molecule has 0 atom stereocenters. The van der Waals surface area contributed by atoms with E-state index in [4.69, 9.17) is 8.83 Å². The largest absolute Gasteiger partial charge is 0.453 e. The molecule has 0 amide bonds. The lowest BCUT2D eigenvalue weighted by atomic mass is 9.91. The van der Waals surface area contributed by atoms with Gasteiger partial charge < -0.3 is 18.6 Å². The van der Waals surface area contributed by atoms with Crippen LogP contribution in [0.5, 0.6) is 0 Å². The van der Waals surface area contributed by atoms with Crippen LogP contribution >= 0.6 is 0 Å². The number of aryl methyl sites for hydroxylation is 4. The van der Waals surface area contributed by atoms with Crippen LogP contribution in [0.15, 0.2) is 215 Å². The van der Waals surface area contributed by atoms with Crippen LogP contribution in [0.4, 0.5) is 34.1 Å². The van der Waals surface area contributed by atoms with Gasteiger partial charge in [-0.2, -0.15) is 0 Å². The maximum absolute atomic E-state index is 7.30. The molecule has 0 N–H and O–H groups in total. The summed E-state index contributed by atoms with van der Waals surface area (Å²) in [4.78, 5) is 4.90. The van der Waals surface area contributed by atoms with Crippen molar-refractivity contribution in [2.75, 3.05) is 9.80 Å². The van der Waals surface area contributed by atoms with Crippen molar-refractivity contribution in [3.8, 4) is 22.3 Å². The summed E-state index contributed by atoms with van der Waals surface area (Å²) >= 11 is 0. The molecule has 0 unspecified atom stereocenters. The normalized spacial score (nSPS) is 12.1. The van der Waals surface area contributed by atoms with Gasteiger partial charge in [-0.25, -0.2) is 0 Å². The van der Waals surface area contributed by atoms with Crippen molar-refractivity contribution >= 4 is 110 Å². The monoisotopic (exact) mass is 1010 g/mol. The molecule has 14 aromatic rings. The topological polar surface area (TPSA) is 32.8 Å². The van der Waals surface area contributed by atoms with Crippen molar-refractivity contribution in [1.82, 2.24) is 0 Å². The highest BCUT2D eigenvalue weighted by Crippen LogP contribution is 2.52. The molecule has 0 saturated carbocycles. The molecule has 0 saturated heterocycles. The molecular formula is C74H60N2O2.